The third-order valence-electron chi connectivity index (χ3n) is 2.15. The maximum absolute atomic E-state index is 12.3. The fraction of sp³-hybridized carbons (Fsp3) is 0.200. The van der Waals surface area contributed by atoms with Crippen molar-refractivity contribution in [1.29, 1.82) is 0 Å². The van der Waals surface area contributed by atoms with E-state index in [4.69, 9.17) is 0 Å². The molecule has 0 aliphatic rings. The number of aromatic nitrogens is 1. The van der Waals surface area contributed by atoms with Gasteiger partial charge in [-0.25, -0.2) is 4.99 Å². The van der Waals surface area contributed by atoms with E-state index >= 15 is 0 Å². The highest BCUT2D eigenvalue weighted by Gasteiger charge is 2.34. The van der Waals surface area contributed by atoms with Gasteiger partial charge in [0, 0.05) is 7.05 Å². The van der Waals surface area contributed by atoms with Crippen molar-refractivity contribution in [3.05, 3.63) is 29.1 Å². The van der Waals surface area contributed by atoms with Crippen LogP contribution >= 0.6 is 23.6 Å². The van der Waals surface area contributed by atoms with Gasteiger partial charge < -0.3 is 4.57 Å². The standard InChI is InChI=1S/C10H7F3N2S2/c1-15-6-4-2-3-5-7(6)17-9(15)14-8(16)10(11,12)13/h2-5H,1H3. The molecule has 2 rings (SSSR count). The quantitative estimate of drug-likeness (QED) is 0.676. The van der Waals surface area contributed by atoms with Crippen LogP contribution in [0.25, 0.3) is 10.2 Å². The van der Waals surface area contributed by atoms with Gasteiger partial charge in [0.25, 0.3) is 0 Å². The number of alkyl halides is 3. The lowest BCUT2D eigenvalue weighted by Gasteiger charge is -2.01. The molecule has 1 aromatic carbocycles. The number of halogens is 3. The number of nitrogens with zero attached hydrogens (tertiary/aromatic N) is 2. The molecule has 0 N–H and O–H groups in total. The second kappa shape index (κ2) is 4.23. The van der Waals surface area contributed by atoms with Crippen LogP contribution in [0.1, 0.15) is 0 Å². The minimum atomic E-state index is -4.56. The number of hydrogen-bond acceptors (Lipinski definition) is 2. The summed E-state index contributed by atoms with van der Waals surface area (Å²) in [6.07, 6.45) is -4.56. The van der Waals surface area contributed by atoms with Gasteiger partial charge in [0.05, 0.1) is 10.2 Å². The van der Waals surface area contributed by atoms with Crippen LogP contribution in [0.4, 0.5) is 13.2 Å². The summed E-state index contributed by atoms with van der Waals surface area (Å²) in [6.45, 7) is 0. The van der Waals surface area contributed by atoms with E-state index in [0.717, 1.165) is 10.2 Å². The predicted octanol–water partition coefficient (Wildman–Crippen LogP) is 3.03. The van der Waals surface area contributed by atoms with Gasteiger partial charge in [-0.1, -0.05) is 35.7 Å². The topological polar surface area (TPSA) is 17.3 Å². The Bertz CT molecular complexity index is 637. The molecular formula is C10H7F3N2S2. The molecule has 2 nitrogen and oxygen atoms in total. The molecule has 0 amide bonds. The molecule has 1 heterocycles. The molecule has 0 aliphatic carbocycles. The zero-order valence-electron chi connectivity index (χ0n) is 8.65. The molecule has 1 aromatic heterocycles. The van der Waals surface area contributed by atoms with E-state index in [-0.39, 0.29) is 4.80 Å². The SMILES string of the molecule is Cn1c(=NC(=S)C(F)(F)F)sc2ccccc21. The van der Waals surface area contributed by atoms with E-state index in [1.807, 2.05) is 24.3 Å². The highest BCUT2D eigenvalue weighted by Crippen LogP contribution is 2.19. The Morgan fingerprint density at radius 3 is 2.59 bits per heavy atom. The third kappa shape index (κ3) is 2.39. The zero-order valence-corrected chi connectivity index (χ0v) is 10.3. The second-order valence-electron chi connectivity index (χ2n) is 3.33. The van der Waals surface area contributed by atoms with Gasteiger partial charge in [0.2, 0.25) is 4.99 Å². The van der Waals surface area contributed by atoms with Crippen LogP contribution in [-0.2, 0) is 7.05 Å². The van der Waals surface area contributed by atoms with Gasteiger partial charge in [0.15, 0.2) is 4.80 Å². The van der Waals surface area contributed by atoms with E-state index in [9.17, 15) is 13.2 Å². The van der Waals surface area contributed by atoms with E-state index in [1.54, 1.807) is 11.6 Å². The first-order valence-electron chi connectivity index (χ1n) is 4.60. The Hall–Kier alpha value is -1.21. The average Bonchev–Trinajstić information content (AvgIpc) is 2.55. The van der Waals surface area contributed by atoms with Crippen molar-refractivity contribution in [2.45, 2.75) is 6.18 Å². The molecule has 90 valence electrons. The fourth-order valence-electron chi connectivity index (χ4n) is 1.34. The van der Waals surface area contributed by atoms with Crippen LogP contribution in [0.3, 0.4) is 0 Å². The van der Waals surface area contributed by atoms with Gasteiger partial charge in [-0.2, -0.15) is 13.2 Å². The molecule has 2 aromatic rings. The monoisotopic (exact) mass is 276 g/mol. The molecule has 0 atom stereocenters. The van der Waals surface area contributed by atoms with E-state index in [0.29, 0.717) is 0 Å². The normalized spacial score (nSPS) is 13.3. The Morgan fingerprint density at radius 2 is 2.00 bits per heavy atom. The van der Waals surface area contributed by atoms with Gasteiger partial charge in [-0.3, -0.25) is 0 Å². The summed E-state index contributed by atoms with van der Waals surface area (Å²) in [7, 11) is 1.66. The van der Waals surface area contributed by atoms with E-state index in [2.05, 4.69) is 17.2 Å². The van der Waals surface area contributed by atoms with Crippen LogP contribution < -0.4 is 4.80 Å². The highest BCUT2D eigenvalue weighted by molar-refractivity contribution is 7.80. The molecule has 0 saturated heterocycles. The number of fused-ring (bicyclic) bond motifs is 1. The fourth-order valence-corrected chi connectivity index (χ4v) is 2.51. The molecule has 0 bridgehead atoms. The lowest BCUT2D eigenvalue weighted by Crippen LogP contribution is -2.22. The van der Waals surface area contributed by atoms with Crippen molar-refractivity contribution in [3.8, 4) is 0 Å². The van der Waals surface area contributed by atoms with Gasteiger partial charge in [0.1, 0.15) is 0 Å². The molecule has 0 saturated carbocycles. The first-order valence-corrected chi connectivity index (χ1v) is 5.82. The lowest BCUT2D eigenvalue weighted by molar-refractivity contribution is -0.0573. The molecule has 17 heavy (non-hydrogen) atoms. The summed E-state index contributed by atoms with van der Waals surface area (Å²) in [5, 5.41) is 0. The van der Waals surface area contributed by atoms with Crippen molar-refractivity contribution in [1.82, 2.24) is 4.57 Å². The highest BCUT2D eigenvalue weighted by atomic mass is 32.1. The van der Waals surface area contributed by atoms with Crippen molar-refractivity contribution < 1.29 is 13.2 Å². The number of rotatable bonds is 0. The molecule has 0 radical (unpaired) electrons. The summed E-state index contributed by atoms with van der Waals surface area (Å²) in [5.74, 6) is 0. The Morgan fingerprint density at radius 1 is 1.35 bits per heavy atom. The third-order valence-corrected chi connectivity index (χ3v) is 3.59. The maximum Gasteiger partial charge on any atom is 0.444 e. The van der Waals surface area contributed by atoms with Crippen molar-refractivity contribution in [2.24, 2.45) is 12.0 Å². The Balaban J connectivity index is 2.61. The number of aryl methyl sites for hydroxylation is 1. The number of benzene rings is 1. The maximum atomic E-state index is 12.3. The Labute approximate surface area is 104 Å². The summed E-state index contributed by atoms with van der Waals surface area (Å²) in [6, 6.07) is 7.29. The average molecular weight is 276 g/mol. The first kappa shape index (κ1) is 12.3. The summed E-state index contributed by atoms with van der Waals surface area (Å²) in [4.78, 5) is 2.45. The minimum absolute atomic E-state index is 0.244. The summed E-state index contributed by atoms with van der Waals surface area (Å²) >= 11 is 5.42. The number of thiocarbonyl (C=S) groups is 1. The second-order valence-corrected chi connectivity index (χ2v) is 4.72. The zero-order chi connectivity index (χ0) is 12.6. The van der Waals surface area contributed by atoms with Crippen molar-refractivity contribution in [2.75, 3.05) is 0 Å². The van der Waals surface area contributed by atoms with Crippen molar-refractivity contribution in [3.63, 3.8) is 0 Å². The molecule has 0 unspecified atom stereocenters. The number of hydrogen-bond donors (Lipinski definition) is 0. The van der Waals surface area contributed by atoms with Crippen LogP contribution in [0.15, 0.2) is 29.3 Å². The van der Waals surface area contributed by atoms with E-state index < -0.39 is 11.2 Å². The number of thiazole rings is 1. The number of para-hydroxylation sites is 1. The van der Waals surface area contributed by atoms with Crippen LogP contribution in [0.5, 0.6) is 0 Å². The molecular weight excluding hydrogens is 269 g/mol. The summed E-state index contributed by atoms with van der Waals surface area (Å²) < 4.78 is 39.3. The van der Waals surface area contributed by atoms with Crippen LogP contribution in [-0.4, -0.2) is 15.7 Å². The first-order chi connectivity index (χ1) is 7.89. The molecule has 0 fully saturated rings. The smallest absolute Gasteiger partial charge is 0.320 e. The van der Waals surface area contributed by atoms with E-state index in [1.165, 1.54) is 11.3 Å². The molecule has 0 spiro atoms. The van der Waals surface area contributed by atoms with Gasteiger partial charge in [-0.05, 0) is 12.1 Å². The summed E-state index contributed by atoms with van der Waals surface area (Å²) in [5.41, 5.74) is 0.834. The molecule has 0 aliphatic heterocycles. The largest absolute Gasteiger partial charge is 0.444 e. The predicted molar refractivity (Wildman–Crippen MR) is 65.0 cm³/mol. The Kier molecular flexibility index (Phi) is 3.05. The van der Waals surface area contributed by atoms with Crippen LogP contribution in [0.2, 0.25) is 0 Å². The lowest BCUT2D eigenvalue weighted by atomic mass is 10.3. The van der Waals surface area contributed by atoms with Gasteiger partial charge in [-0.15, -0.1) is 0 Å². The van der Waals surface area contributed by atoms with Gasteiger partial charge >= 0.3 is 6.18 Å². The molecule has 7 heteroatoms. The van der Waals surface area contributed by atoms with Crippen molar-refractivity contribution >= 4 is 38.8 Å². The van der Waals surface area contributed by atoms with Crippen LogP contribution in [0, 0.1) is 0 Å². The minimum Gasteiger partial charge on any atom is -0.320 e.